The third-order valence-corrected chi connectivity index (χ3v) is 3.24. The Balaban J connectivity index is 1.75. The average molecular weight is 319 g/mol. The van der Waals surface area contributed by atoms with Gasteiger partial charge in [0.15, 0.2) is 0 Å². The number of carbonyl (C=O) groups excluding carboxylic acids is 1. The zero-order valence-electron chi connectivity index (χ0n) is 11.8. The molecule has 0 saturated carbocycles. The molecular formula is C16H12F3N3O. The predicted octanol–water partition coefficient (Wildman–Crippen LogP) is 3.85. The molecule has 0 fully saturated rings. The number of hydrogen-bond acceptors (Lipinski definition) is 2. The monoisotopic (exact) mass is 319 g/mol. The lowest BCUT2D eigenvalue weighted by Crippen LogP contribution is -2.18. The molecule has 0 spiro atoms. The highest BCUT2D eigenvalue weighted by molar-refractivity contribution is 6.06. The van der Waals surface area contributed by atoms with Gasteiger partial charge in [-0.2, -0.15) is 18.3 Å². The van der Waals surface area contributed by atoms with Gasteiger partial charge in [0.2, 0.25) is 0 Å². The van der Waals surface area contributed by atoms with E-state index in [1.54, 1.807) is 12.1 Å². The fourth-order valence-corrected chi connectivity index (χ4v) is 2.23. The summed E-state index contributed by atoms with van der Waals surface area (Å²) in [6, 6.07) is 12.8. The molecule has 0 radical (unpaired) electrons. The Morgan fingerprint density at radius 3 is 2.61 bits per heavy atom. The third-order valence-electron chi connectivity index (χ3n) is 3.24. The molecule has 3 aromatic rings. The number of halogens is 3. The van der Waals surface area contributed by atoms with Crippen LogP contribution in [0.2, 0.25) is 0 Å². The summed E-state index contributed by atoms with van der Waals surface area (Å²) < 4.78 is 37.6. The molecule has 0 saturated heterocycles. The van der Waals surface area contributed by atoms with E-state index in [0.29, 0.717) is 5.56 Å². The molecule has 0 atom stereocenters. The summed E-state index contributed by atoms with van der Waals surface area (Å²) in [4.78, 5) is 12.2. The number of anilines is 1. The molecule has 1 heterocycles. The van der Waals surface area contributed by atoms with Crippen LogP contribution in [0.1, 0.15) is 10.4 Å². The number of nitrogens with one attached hydrogen (secondary N) is 1. The van der Waals surface area contributed by atoms with Crippen LogP contribution in [0.15, 0.2) is 54.9 Å². The lowest BCUT2D eigenvalue weighted by atomic mass is 10.1. The standard InChI is InChI=1S/C16H12F3N3O/c17-16(18,19)10-22-9-14(8-20-22)21-15(23)13-6-5-11-3-1-2-4-12(11)7-13/h1-9H,10H2,(H,21,23). The Morgan fingerprint density at radius 2 is 1.87 bits per heavy atom. The normalized spacial score (nSPS) is 11.6. The highest BCUT2D eigenvalue weighted by atomic mass is 19.4. The van der Waals surface area contributed by atoms with Crippen LogP contribution in [-0.2, 0) is 6.54 Å². The van der Waals surface area contributed by atoms with E-state index in [-0.39, 0.29) is 5.69 Å². The number of rotatable bonds is 3. The molecule has 4 nitrogen and oxygen atoms in total. The van der Waals surface area contributed by atoms with Crippen LogP contribution in [-0.4, -0.2) is 21.9 Å². The zero-order chi connectivity index (χ0) is 16.4. The molecule has 1 aromatic heterocycles. The Bertz CT molecular complexity index is 855. The Labute approximate surface area is 129 Å². The van der Waals surface area contributed by atoms with Crippen molar-refractivity contribution in [2.75, 3.05) is 5.32 Å². The first kappa shape index (κ1) is 15.1. The maximum absolute atomic E-state index is 12.3. The maximum Gasteiger partial charge on any atom is 0.408 e. The van der Waals surface area contributed by atoms with Gasteiger partial charge in [-0.3, -0.25) is 9.48 Å². The topological polar surface area (TPSA) is 46.9 Å². The van der Waals surface area contributed by atoms with Gasteiger partial charge in [-0.15, -0.1) is 0 Å². The molecular weight excluding hydrogens is 307 g/mol. The number of hydrogen-bond donors (Lipinski definition) is 1. The van der Waals surface area contributed by atoms with Gasteiger partial charge < -0.3 is 5.32 Å². The van der Waals surface area contributed by atoms with E-state index in [1.807, 2.05) is 30.3 Å². The molecule has 3 rings (SSSR count). The van der Waals surface area contributed by atoms with Gasteiger partial charge in [-0.05, 0) is 22.9 Å². The molecule has 2 aromatic carbocycles. The van der Waals surface area contributed by atoms with Crippen LogP contribution < -0.4 is 5.32 Å². The van der Waals surface area contributed by atoms with Crippen LogP contribution in [0, 0.1) is 0 Å². The molecule has 1 amide bonds. The molecule has 0 aliphatic rings. The molecule has 0 aliphatic heterocycles. The van der Waals surface area contributed by atoms with Crippen molar-refractivity contribution in [1.82, 2.24) is 9.78 Å². The van der Waals surface area contributed by atoms with Crippen molar-refractivity contribution in [3.05, 3.63) is 60.4 Å². The molecule has 0 unspecified atom stereocenters. The third kappa shape index (κ3) is 3.68. The number of benzene rings is 2. The van der Waals surface area contributed by atoms with E-state index in [1.165, 1.54) is 6.20 Å². The smallest absolute Gasteiger partial charge is 0.319 e. The summed E-state index contributed by atoms with van der Waals surface area (Å²) in [5.74, 6) is -0.401. The van der Waals surface area contributed by atoms with Crippen LogP contribution >= 0.6 is 0 Å². The first-order chi connectivity index (χ1) is 10.9. The van der Waals surface area contributed by atoms with Gasteiger partial charge in [0.1, 0.15) is 6.54 Å². The van der Waals surface area contributed by atoms with E-state index >= 15 is 0 Å². The van der Waals surface area contributed by atoms with Gasteiger partial charge in [-0.1, -0.05) is 30.3 Å². The van der Waals surface area contributed by atoms with Crippen molar-refractivity contribution in [3.8, 4) is 0 Å². The highest BCUT2D eigenvalue weighted by Crippen LogP contribution is 2.19. The Hall–Kier alpha value is -2.83. The van der Waals surface area contributed by atoms with Crippen LogP contribution in [0.3, 0.4) is 0 Å². The lowest BCUT2D eigenvalue weighted by Gasteiger charge is -2.06. The predicted molar refractivity (Wildman–Crippen MR) is 80.2 cm³/mol. The van der Waals surface area contributed by atoms with Gasteiger partial charge >= 0.3 is 6.18 Å². The molecule has 1 N–H and O–H groups in total. The van der Waals surface area contributed by atoms with Crippen molar-refractivity contribution in [3.63, 3.8) is 0 Å². The van der Waals surface area contributed by atoms with E-state index in [0.717, 1.165) is 21.7 Å². The fraction of sp³-hybridized carbons (Fsp3) is 0.125. The second kappa shape index (κ2) is 5.75. The summed E-state index contributed by atoms with van der Waals surface area (Å²) in [6.45, 7) is -1.20. The summed E-state index contributed by atoms with van der Waals surface area (Å²) in [5.41, 5.74) is 0.639. The minimum absolute atomic E-state index is 0.215. The van der Waals surface area contributed by atoms with E-state index in [9.17, 15) is 18.0 Å². The minimum atomic E-state index is -4.36. The highest BCUT2D eigenvalue weighted by Gasteiger charge is 2.28. The van der Waals surface area contributed by atoms with Crippen LogP contribution in [0.5, 0.6) is 0 Å². The summed E-state index contributed by atoms with van der Waals surface area (Å²) in [6.07, 6.45) is -2.03. The molecule has 7 heteroatoms. The van der Waals surface area contributed by atoms with E-state index in [4.69, 9.17) is 0 Å². The summed E-state index contributed by atoms with van der Waals surface area (Å²) >= 11 is 0. The molecule has 0 bridgehead atoms. The number of alkyl halides is 3. The van der Waals surface area contributed by atoms with Gasteiger partial charge in [0.05, 0.1) is 11.9 Å². The van der Waals surface area contributed by atoms with Crippen LogP contribution in [0.25, 0.3) is 10.8 Å². The van der Waals surface area contributed by atoms with Crippen molar-refractivity contribution in [2.24, 2.45) is 0 Å². The average Bonchev–Trinajstić information content (AvgIpc) is 2.91. The van der Waals surface area contributed by atoms with Crippen molar-refractivity contribution in [1.29, 1.82) is 0 Å². The lowest BCUT2D eigenvalue weighted by molar-refractivity contribution is -0.142. The number of nitrogens with zero attached hydrogens (tertiary/aromatic N) is 2. The summed E-state index contributed by atoms with van der Waals surface area (Å²) in [5, 5.41) is 8.03. The Morgan fingerprint density at radius 1 is 1.13 bits per heavy atom. The second-order valence-electron chi connectivity index (χ2n) is 5.06. The molecule has 118 valence electrons. The van der Waals surface area contributed by atoms with Gasteiger partial charge in [-0.25, -0.2) is 0 Å². The van der Waals surface area contributed by atoms with Gasteiger partial charge in [0.25, 0.3) is 5.91 Å². The largest absolute Gasteiger partial charge is 0.408 e. The fourth-order valence-electron chi connectivity index (χ4n) is 2.23. The second-order valence-corrected chi connectivity index (χ2v) is 5.06. The molecule has 0 aliphatic carbocycles. The number of aromatic nitrogens is 2. The quantitative estimate of drug-likeness (QED) is 0.797. The number of fused-ring (bicyclic) bond motifs is 1. The minimum Gasteiger partial charge on any atom is -0.319 e. The zero-order valence-corrected chi connectivity index (χ0v) is 11.8. The van der Waals surface area contributed by atoms with Crippen molar-refractivity contribution in [2.45, 2.75) is 12.7 Å². The Kier molecular flexibility index (Phi) is 3.77. The SMILES string of the molecule is O=C(Nc1cnn(CC(F)(F)F)c1)c1ccc2ccccc2c1. The van der Waals surface area contributed by atoms with E-state index in [2.05, 4.69) is 10.4 Å². The summed E-state index contributed by atoms with van der Waals surface area (Å²) in [7, 11) is 0. The van der Waals surface area contributed by atoms with Crippen molar-refractivity contribution < 1.29 is 18.0 Å². The van der Waals surface area contributed by atoms with Gasteiger partial charge in [0, 0.05) is 11.8 Å². The first-order valence-corrected chi connectivity index (χ1v) is 6.80. The molecule has 23 heavy (non-hydrogen) atoms. The maximum atomic E-state index is 12.3. The number of amides is 1. The van der Waals surface area contributed by atoms with E-state index < -0.39 is 18.6 Å². The number of carbonyl (C=O) groups is 1. The van der Waals surface area contributed by atoms with Crippen molar-refractivity contribution >= 4 is 22.4 Å². The first-order valence-electron chi connectivity index (χ1n) is 6.80. The van der Waals surface area contributed by atoms with Crippen LogP contribution in [0.4, 0.5) is 18.9 Å².